The highest BCUT2D eigenvalue weighted by molar-refractivity contribution is 7.12. The normalized spacial score (nSPS) is 12.6. The monoisotopic (exact) mass is 223 g/mol. The van der Waals surface area contributed by atoms with E-state index in [2.05, 4.69) is 10.1 Å². The minimum atomic E-state index is -0.867. The first-order chi connectivity index (χ1) is 7.20. The van der Waals surface area contributed by atoms with Crippen molar-refractivity contribution in [3.8, 4) is 5.13 Å². The van der Waals surface area contributed by atoms with Gasteiger partial charge in [0.15, 0.2) is 0 Å². The van der Waals surface area contributed by atoms with Crippen LogP contribution in [0, 0.1) is 0 Å². The first-order valence-electron chi connectivity index (χ1n) is 4.36. The van der Waals surface area contributed by atoms with E-state index >= 15 is 0 Å². The third-order valence-electron chi connectivity index (χ3n) is 2.09. The number of carbonyl (C=O) groups is 1. The van der Waals surface area contributed by atoms with Gasteiger partial charge >= 0.3 is 5.97 Å². The largest absolute Gasteiger partial charge is 0.481 e. The second-order valence-corrected chi connectivity index (χ2v) is 3.92. The van der Waals surface area contributed by atoms with Gasteiger partial charge in [0.2, 0.25) is 5.13 Å². The Kier molecular flexibility index (Phi) is 2.51. The van der Waals surface area contributed by atoms with Crippen LogP contribution in [0.4, 0.5) is 0 Å². The molecule has 0 aliphatic heterocycles. The summed E-state index contributed by atoms with van der Waals surface area (Å²) in [6.07, 6.45) is 3.24. The Labute approximate surface area is 90.0 Å². The van der Waals surface area contributed by atoms with Crippen LogP contribution in [0.15, 0.2) is 23.8 Å². The van der Waals surface area contributed by atoms with Gasteiger partial charge in [0.25, 0.3) is 0 Å². The number of thiazole rings is 1. The van der Waals surface area contributed by atoms with E-state index in [4.69, 9.17) is 5.11 Å². The van der Waals surface area contributed by atoms with Crippen molar-refractivity contribution in [2.45, 2.75) is 12.8 Å². The minimum absolute atomic E-state index is 0.587. The number of hydrogen-bond donors (Lipinski definition) is 1. The maximum Gasteiger partial charge on any atom is 0.312 e. The lowest BCUT2D eigenvalue weighted by Gasteiger charge is -2.07. The van der Waals surface area contributed by atoms with Crippen molar-refractivity contribution in [3.63, 3.8) is 0 Å². The summed E-state index contributed by atoms with van der Waals surface area (Å²) in [5.41, 5.74) is 0.637. The van der Waals surface area contributed by atoms with E-state index in [9.17, 15) is 4.79 Å². The SMILES string of the molecule is CC(C(=O)O)c1ccnn1-c1nccs1. The lowest BCUT2D eigenvalue weighted by molar-refractivity contribution is -0.138. The highest BCUT2D eigenvalue weighted by atomic mass is 32.1. The van der Waals surface area contributed by atoms with Crippen LogP contribution in [0.1, 0.15) is 18.5 Å². The summed E-state index contributed by atoms with van der Waals surface area (Å²) in [6.45, 7) is 1.63. The molecule has 0 aromatic carbocycles. The van der Waals surface area contributed by atoms with Crippen LogP contribution in [0.25, 0.3) is 5.13 Å². The van der Waals surface area contributed by atoms with Gasteiger partial charge in [-0.3, -0.25) is 4.79 Å². The average molecular weight is 223 g/mol. The molecule has 2 heterocycles. The van der Waals surface area contributed by atoms with Gasteiger partial charge in [-0.1, -0.05) is 0 Å². The minimum Gasteiger partial charge on any atom is -0.481 e. The van der Waals surface area contributed by atoms with Crippen molar-refractivity contribution in [1.82, 2.24) is 14.8 Å². The fourth-order valence-corrected chi connectivity index (χ4v) is 1.87. The number of hydrogen-bond acceptors (Lipinski definition) is 4. The molecule has 1 N–H and O–H groups in total. The molecule has 2 aromatic rings. The summed E-state index contributed by atoms with van der Waals surface area (Å²) in [7, 11) is 0. The Balaban J connectivity index is 2.43. The molecule has 0 saturated heterocycles. The highest BCUT2D eigenvalue weighted by Gasteiger charge is 2.19. The molecule has 1 atom stereocenters. The van der Waals surface area contributed by atoms with Crippen molar-refractivity contribution in [3.05, 3.63) is 29.5 Å². The van der Waals surface area contributed by atoms with E-state index in [0.717, 1.165) is 0 Å². The van der Waals surface area contributed by atoms with Gasteiger partial charge in [0.1, 0.15) is 0 Å². The zero-order valence-electron chi connectivity index (χ0n) is 7.99. The number of carboxylic acids is 1. The average Bonchev–Trinajstić information content (AvgIpc) is 2.86. The van der Waals surface area contributed by atoms with Crippen molar-refractivity contribution in [2.75, 3.05) is 0 Å². The third-order valence-corrected chi connectivity index (χ3v) is 2.83. The van der Waals surface area contributed by atoms with Crippen molar-refractivity contribution in [1.29, 1.82) is 0 Å². The second-order valence-electron chi connectivity index (χ2n) is 3.04. The fourth-order valence-electron chi connectivity index (χ4n) is 1.25. The zero-order chi connectivity index (χ0) is 10.8. The Morgan fingerprint density at radius 1 is 1.60 bits per heavy atom. The number of aliphatic carboxylic acids is 1. The van der Waals surface area contributed by atoms with Gasteiger partial charge in [-0.15, -0.1) is 11.3 Å². The summed E-state index contributed by atoms with van der Waals surface area (Å²) in [5, 5.41) is 15.5. The topological polar surface area (TPSA) is 68.0 Å². The molecule has 0 amide bonds. The fraction of sp³-hybridized carbons (Fsp3) is 0.222. The maximum atomic E-state index is 10.9. The number of nitrogens with zero attached hydrogens (tertiary/aromatic N) is 3. The predicted octanol–water partition coefficient (Wildman–Crippen LogP) is 1.52. The van der Waals surface area contributed by atoms with E-state index in [1.54, 1.807) is 30.1 Å². The standard InChI is InChI=1S/C9H9N3O2S/c1-6(8(13)14)7-2-3-11-12(7)9-10-4-5-15-9/h2-6H,1H3,(H,13,14). The number of rotatable bonds is 3. The van der Waals surface area contributed by atoms with Gasteiger partial charge in [0, 0.05) is 17.8 Å². The van der Waals surface area contributed by atoms with Crippen molar-refractivity contribution in [2.24, 2.45) is 0 Å². The lowest BCUT2D eigenvalue weighted by atomic mass is 10.1. The van der Waals surface area contributed by atoms with E-state index in [-0.39, 0.29) is 0 Å². The van der Waals surface area contributed by atoms with Crippen LogP contribution in [0.2, 0.25) is 0 Å². The van der Waals surface area contributed by atoms with Crippen molar-refractivity contribution < 1.29 is 9.90 Å². The molecule has 6 heteroatoms. The molecule has 2 rings (SSSR count). The Bertz CT molecular complexity index is 463. The molecule has 0 saturated carbocycles. The van der Waals surface area contributed by atoms with Crippen LogP contribution in [0.5, 0.6) is 0 Å². The van der Waals surface area contributed by atoms with E-state index in [1.165, 1.54) is 11.3 Å². The summed E-state index contributed by atoms with van der Waals surface area (Å²) >= 11 is 1.42. The van der Waals surface area contributed by atoms with Gasteiger partial charge in [-0.2, -0.15) is 5.10 Å². The quantitative estimate of drug-likeness (QED) is 0.856. The van der Waals surface area contributed by atoms with E-state index < -0.39 is 11.9 Å². The van der Waals surface area contributed by atoms with Crippen LogP contribution in [-0.4, -0.2) is 25.8 Å². The second kappa shape index (κ2) is 3.82. The highest BCUT2D eigenvalue weighted by Crippen LogP contribution is 2.20. The Hall–Kier alpha value is -1.69. The van der Waals surface area contributed by atoms with Crippen LogP contribution in [-0.2, 0) is 4.79 Å². The zero-order valence-corrected chi connectivity index (χ0v) is 8.81. The molecule has 0 fully saturated rings. The lowest BCUT2D eigenvalue weighted by Crippen LogP contribution is -2.12. The first kappa shape index (κ1) is 9.85. The van der Waals surface area contributed by atoms with Gasteiger partial charge in [0.05, 0.1) is 11.6 Å². The molecule has 0 bridgehead atoms. The van der Waals surface area contributed by atoms with Gasteiger partial charge < -0.3 is 5.11 Å². The molecule has 0 radical (unpaired) electrons. The summed E-state index contributed by atoms with van der Waals surface area (Å²) in [6, 6.07) is 1.69. The molecule has 78 valence electrons. The summed E-state index contributed by atoms with van der Waals surface area (Å²) in [4.78, 5) is 14.9. The summed E-state index contributed by atoms with van der Waals surface area (Å²) < 4.78 is 1.56. The molecule has 0 spiro atoms. The summed E-state index contributed by atoms with van der Waals surface area (Å²) in [5.74, 6) is -1.45. The van der Waals surface area contributed by atoms with Crippen LogP contribution < -0.4 is 0 Å². The maximum absolute atomic E-state index is 10.9. The Morgan fingerprint density at radius 3 is 3.00 bits per heavy atom. The predicted molar refractivity (Wildman–Crippen MR) is 55.3 cm³/mol. The van der Waals surface area contributed by atoms with E-state index in [1.807, 2.05) is 5.38 Å². The number of aromatic nitrogens is 3. The molecular weight excluding hydrogens is 214 g/mol. The number of carboxylic acid groups (broad SMARTS) is 1. The van der Waals surface area contributed by atoms with Crippen LogP contribution in [0.3, 0.4) is 0 Å². The smallest absolute Gasteiger partial charge is 0.312 e. The molecule has 15 heavy (non-hydrogen) atoms. The molecule has 2 aromatic heterocycles. The first-order valence-corrected chi connectivity index (χ1v) is 5.24. The van der Waals surface area contributed by atoms with E-state index in [0.29, 0.717) is 10.8 Å². The van der Waals surface area contributed by atoms with Gasteiger partial charge in [-0.25, -0.2) is 9.67 Å². The third kappa shape index (κ3) is 1.75. The molecular formula is C9H9N3O2S. The molecule has 0 aliphatic rings. The van der Waals surface area contributed by atoms with Crippen molar-refractivity contribution >= 4 is 17.3 Å². The van der Waals surface area contributed by atoms with Gasteiger partial charge in [-0.05, 0) is 13.0 Å². The molecule has 0 aliphatic carbocycles. The molecule has 5 nitrogen and oxygen atoms in total. The Morgan fingerprint density at radius 2 is 2.40 bits per heavy atom. The van der Waals surface area contributed by atoms with Crippen LogP contribution >= 0.6 is 11.3 Å². The molecule has 1 unspecified atom stereocenters.